The van der Waals surface area contributed by atoms with Crippen LogP contribution < -0.4 is 5.32 Å². The molecule has 2 rings (SSSR count). The van der Waals surface area contributed by atoms with E-state index in [1.165, 1.54) is 64.7 Å². The van der Waals surface area contributed by atoms with Gasteiger partial charge in [-0.05, 0) is 50.0 Å². The minimum absolute atomic E-state index is 0.759. The number of piperidine rings is 1. The van der Waals surface area contributed by atoms with E-state index in [0.717, 1.165) is 23.8 Å². The van der Waals surface area contributed by atoms with Crippen molar-refractivity contribution in [2.75, 3.05) is 26.2 Å². The molecule has 0 amide bonds. The molecule has 1 aliphatic heterocycles. The number of nitrogens with one attached hydrogen (secondary N) is 1. The van der Waals surface area contributed by atoms with E-state index >= 15 is 0 Å². The fourth-order valence-electron chi connectivity index (χ4n) is 3.47. The predicted octanol–water partition coefficient (Wildman–Crippen LogP) is 3.52. The topological polar surface area (TPSA) is 15.3 Å². The standard InChI is InChI=1S/C17H34N2/c1-4-5-6-16-9-17(18-10-15-7-8-15)13-19(12-16)11-14(2)3/h14-18H,4-13H2,1-3H3. The van der Waals surface area contributed by atoms with Crippen LogP contribution in [0.3, 0.4) is 0 Å². The van der Waals surface area contributed by atoms with E-state index in [1.807, 2.05) is 0 Å². The van der Waals surface area contributed by atoms with Gasteiger partial charge in [0.1, 0.15) is 0 Å². The SMILES string of the molecule is CCCCC1CC(NCC2CC2)CN(CC(C)C)C1. The van der Waals surface area contributed by atoms with Crippen molar-refractivity contribution in [1.29, 1.82) is 0 Å². The number of hydrogen-bond donors (Lipinski definition) is 1. The van der Waals surface area contributed by atoms with Gasteiger partial charge in [-0.1, -0.05) is 33.6 Å². The highest BCUT2D eigenvalue weighted by atomic mass is 15.2. The van der Waals surface area contributed by atoms with Gasteiger partial charge in [0.2, 0.25) is 0 Å². The Morgan fingerprint density at radius 3 is 2.58 bits per heavy atom. The molecule has 1 N–H and O–H groups in total. The molecule has 0 aromatic carbocycles. The summed E-state index contributed by atoms with van der Waals surface area (Å²) < 4.78 is 0. The summed E-state index contributed by atoms with van der Waals surface area (Å²) >= 11 is 0. The Balaban J connectivity index is 1.78. The Morgan fingerprint density at radius 1 is 1.16 bits per heavy atom. The van der Waals surface area contributed by atoms with Crippen molar-refractivity contribution >= 4 is 0 Å². The molecule has 0 aromatic heterocycles. The number of hydrogen-bond acceptors (Lipinski definition) is 2. The quantitative estimate of drug-likeness (QED) is 0.723. The third-order valence-electron chi connectivity index (χ3n) is 4.59. The summed E-state index contributed by atoms with van der Waals surface area (Å²) in [6.45, 7) is 12.2. The van der Waals surface area contributed by atoms with Gasteiger partial charge in [-0.2, -0.15) is 0 Å². The first-order valence-corrected chi connectivity index (χ1v) is 8.63. The first-order valence-electron chi connectivity index (χ1n) is 8.63. The zero-order chi connectivity index (χ0) is 13.7. The van der Waals surface area contributed by atoms with Crippen molar-refractivity contribution in [3.8, 4) is 0 Å². The smallest absolute Gasteiger partial charge is 0.0198 e. The second-order valence-electron chi connectivity index (χ2n) is 7.40. The zero-order valence-corrected chi connectivity index (χ0v) is 13.3. The van der Waals surface area contributed by atoms with Crippen LogP contribution in [0.25, 0.3) is 0 Å². The van der Waals surface area contributed by atoms with Gasteiger partial charge in [-0.3, -0.25) is 0 Å². The highest BCUT2D eigenvalue weighted by Crippen LogP contribution is 2.29. The van der Waals surface area contributed by atoms with Crippen molar-refractivity contribution in [2.24, 2.45) is 17.8 Å². The Labute approximate surface area is 120 Å². The van der Waals surface area contributed by atoms with E-state index in [-0.39, 0.29) is 0 Å². The summed E-state index contributed by atoms with van der Waals surface area (Å²) in [5.41, 5.74) is 0. The molecule has 2 fully saturated rings. The summed E-state index contributed by atoms with van der Waals surface area (Å²) in [6, 6.07) is 0.759. The molecule has 1 saturated heterocycles. The maximum Gasteiger partial charge on any atom is 0.0198 e. The minimum atomic E-state index is 0.759. The molecule has 0 aromatic rings. The summed E-state index contributed by atoms with van der Waals surface area (Å²) in [6.07, 6.45) is 8.55. The molecule has 2 aliphatic rings. The van der Waals surface area contributed by atoms with Crippen molar-refractivity contribution in [3.05, 3.63) is 0 Å². The number of likely N-dealkylation sites (tertiary alicyclic amines) is 1. The molecule has 0 bridgehead atoms. The van der Waals surface area contributed by atoms with E-state index in [9.17, 15) is 0 Å². The Kier molecular flexibility index (Phi) is 6.15. The van der Waals surface area contributed by atoms with Gasteiger partial charge in [0, 0.05) is 25.7 Å². The van der Waals surface area contributed by atoms with Crippen LogP contribution in [0.5, 0.6) is 0 Å². The highest BCUT2D eigenvalue weighted by molar-refractivity contribution is 4.86. The molecule has 1 aliphatic carbocycles. The van der Waals surface area contributed by atoms with E-state index in [4.69, 9.17) is 0 Å². The molecular weight excluding hydrogens is 232 g/mol. The molecule has 0 radical (unpaired) electrons. The largest absolute Gasteiger partial charge is 0.312 e. The van der Waals surface area contributed by atoms with Gasteiger partial charge in [0.25, 0.3) is 0 Å². The van der Waals surface area contributed by atoms with E-state index in [0.29, 0.717) is 0 Å². The monoisotopic (exact) mass is 266 g/mol. The summed E-state index contributed by atoms with van der Waals surface area (Å²) in [7, 11) is 0. The third-order valence-corrected chi connectivity index (χ3v) is 4.59. The van der Waals surface area contributed by atoms with Gasteiger partial charge in [-0.15, -0.1) is 0 Å². The van der Waals surface area contributed by atoms with Crippen molar-refractivity contribution in [3.63, 3.8) is 0 Å². The molecule has 1 heterocycles. The maximum atomic E-state index is 3.85. The van der Waals surface area contributed by atoms with Gasteiger partial charge in [0.05, 0.1) is 0 Å². The lowest BCUT2D eigenvalue weighted by Gasteiger charge is -2.39. The fraction of sp³-hybridized carbons (Fsp3) is 1.00. The van der Waals surface area contributed by atoms with E-state index < -0.39 is 0 Å². The second kappa shape index (κ2) is 7.64. The first-order chi connectivity index (χ1) is 9.17. The van der Waals surface area contributed by atoms with Crippen LogP contribution >= 0.6 is 0 Å². The molecule has 2 nitrogen and oxygen atoms in total. The Morgan fingerprint density at radius 2 is 1.95 bits per heavy atom. The number of nitrogens with zero attached hydrogens (tertiary/aromatic N) is 1. The molecule has 2 unspecified atom stereocenters. The summed E-state index contributed by atoms with van der Waals surface area (Å²) in [5.74, 6) is 2.74. The van der Waals surface area contributed by atoms with E-state index in [1.54, 1.807) is 0 Å². The lowest BCUT2D eigenvalue weighted by atomic mass is 9.89. The van der Waals surface area contributed by atoms with Crippen LogP contribution in [0, 0.1) is 17.8 Å². The van der Waals surface area contributed by atoms with Gasteiger partial charge < -0.3 is 10.2 Å². The summed E-state index contributed by atoms with van der Waals surface area (Å²) in [4.78, 5) is 2.72. The normalized spacial score (nSPS) is 29.1. The van der Waals surface area contributed by atoms with Crippen LogP contribution in [0.2, 0.25) is 0 Å². The average molecular weight is 266 g/mol. The van der Waals surface area contributed by atoms with Crippen LogP contribution in [0.1, 0.15) is 59.3 Å². The van der Waals surface area contributed by atoms with Crippen LogP contribution in [0.4, 0.5) is 0 Å². The molecule has 112 valence electrons. The summed E-state index contributed by atoms with van der Waals surface area (Å²) in [5, 5.41) is 3.85. The number of rotatable bonds is 8. The lowest BCUT2D eigenvalue weighted by Crippen LogP contribution is -2.50. The van der Waals surface area contributed by atoms with Crippen LogP contribution in [-0.4, -0.2) is 37.1 Å². The van der Waals surface area contributed by atoms with Crippen LogP contribution in [-0.2, 0) is 0 Å². The second-order valence-corrected chi connectivity index (χ2v) is 7.40. The average Bonchev–Trinajstić information content (AvgIpc) is 3.17. The van der Waals surface area contributed by atoms with Crippen molar-refractivity contribution < 1.29 is 0 Å². The van der Waals surface area contributed by atoms with Gasteiger partial charge >= 0.3 is 0 Å². The number of unbranched alkanes of at least 4 members (excludes halogenated alkanes) is 1. The highest BCUT2D eigenvalue weighted by Gasteiger charge is 2.28. The maximum absolute atomic E-state index is 3.85. The minimum Gasteiger partial charge on any atom is -0.312 e. The van der Waals surface area contributed by atoms with Gasteiger partial charge in [0.15, 0.2) is 0 Å². The van der Waals surface area contributed by atoms with Crippen molar-refractivity contribution in [1.82, 2.24) is 10.2 Å². The third kappa shape index (κ3) is 5.83. The molecule has 19 heavy (non-hydrogen) atoms. The molecule has 2 atom stereocenters. The van der Waals surface area contributed by atoms with Gasteiger partial charge in [-0.25, -0.2) is 0 Å². The molecular formula is C17H34N2. The van der Waals surface area contributed by atoms with Crippen LogP contribution in [0.15, 0.2) is 0 Å². The molecule has 1 saturated carbocycles. The van der Waals surface area contributed by atoms with Crippen molar-refractivity contribution in [2.45, 2.75) is 65.3 Å². The van der Waals surface area contributed by atoms with E-state index in [2.05, 4.69) is 31.0 Å². The first kappa shape index (κ1) is 15.3. The molecule has 2 heteroatoms. The molecule has 0 spiro atoms. The lowest BCUT2D eigenvalue weighted by molar-refractivity contribution is 0.122. The fourth-order valence-corrected chi connectivity index (χ4v) is 3.47. The Bertz CT molecular complexity index is 248. The zero-order valence-electron chi connectivity index (χ0n) is 13.3. The predicted molar refractivity (Wildman–Crippen MR) is 83.4 cm³/mol. The Hall–Kier alpha value is -0.0800.